The Morgan fingerprint density at radius 2 is 0.508 bits per heavy atom. The molecule has 0 saturated heterocycles. The smallest absolute Gasteiger partial charge is 0.252 e. The zero-order chi connectivity index (χ0) is 84.4. The molecule has 0 aliphatic carbocycles. The zero-order valence-corrected chi connectivity index (χ0v) is 75.7. The van der Waals surface area contributed by atoms with Crippen LogP contribution in [-0.2, 0) is 48.7 Å². The monoisotopic (exact) mass is 1550 g/mol. The molecule has 2 aliphatic rings. The van der Waals surface area contributed by atoms with Gasteiger partial charge in [-0.05, 0) is 236 Å². The molecule has 13 aromatic carbocycles. The predicted molar refractivity (Wildman–Crippen MR) is 517 cm³/mol. The van der Waals surface area contributed by atoms with E-state index in [0.29, 0.717) is 0 Å². The molecule has 2 aliphatic heterocycles. The van der Waals surface area contributed by atoms with E-state index in [9.17, 15) is 0 Å². The van der Waals surface area contributed by atoms with E-state index in [0.717, 1.165) is 45.1 Å². The molecule has 0 radical (unpaired) electrons. The molecule has 3 nitrogen and oxygen atoms in total. The minimum absolute atomic E-state index is 0.0449. The van der Waals surface area contributed by atoms with Crippen molar-refractivity contribution in [3.8, 4) is 94.7 Å². The Morgan fingerprint density at radius 1 is 0.220 bits per heavy atom. The molecule has 4 heteroatoms. The number of nitrogens with zero attached hydrogens (tertiary/aromatic N) is 1. The summed E-state index contributed by atoms with van der Waals surface area (Å²) in [6.07, 6.45) is 0. The van der Waals surface area contributed by atoms with Crippen LogP contribution in [0.15, 0.2) is 249 Å². The third-order valence-corrected chi connectivity index (χ3v) is 25.6. The Bertz CT molecular complexity index is 5750. The summed E-state index contributed by atoms with van der Waals surface area (Å²) in [6, 6.07) is 98.9. The maximum atomic E-state index is 4.55. The summed E-state index contributed by atoms with van der Waals surface area (Å²) < 4.78 is 2.54. The molecule has 0 fully saturated rings. The topological polar surface area (TPSA) is 29.0 Å². The van der Waals surface area contributed by atoms with E-state index in [4.69, 9.17) is 0 Å². The fourth-order valence-corrected chi connectivity index (χ4v) is 18.1. The number of para-hydroxylation sites is 1. The lowest BCUT2D eigenvalue weighted by molar-refractivity contribution is 0.568. The molecule has 118 heavy (non-hydrogen) atoms. The van der Waals surface area contributed by atoms with Crippen LogP contribution in [-0.4, -0.2) is 11.3 Å². The van der Waals surface area contributed by atoms with Crippen molar-refractivity contribution in [3.63, 3.8) is 0 Å². The summed E-state index contributed by atoms with van der Waals surface area (Å²) in [5.41, 5.74) is 41.2. The van der Waals surface area contributed by atoms with Crippen molar-refractivity contribution in [1.29, 1.82) is 0 Å². The fourth-order valence-electron chi connectivity index (χ4n) is 18.1. The van der Waals surface area contributed by atoms with Gasteiger partial charge in [-0.25, -0.2) is 0 Å². The van der Waals surface area contributed by atoms with Crippen LogP contribution in [0.5, 0.6) is 0 Å². The van der Waals surface area contributed by atoms with Gasteiger partial charge >= 0.3 is 0 Å². The van der Waals surface area contributed by atoms with Gasteiger partial charge in [0, 0.05) is 44.6 Å². The van der Waals surface area contributed by atoms with E-state index in [1.54, 1.807) is 0 Å². The summed E-state index contributed by atoms with van der Waals surface area (Å²) in [7, 11) is 0. The lowest BCUT2D eigenvalue weighted by Gasteiger charge is -2.38. The van der Waals surface area contributed by atoms with E-state index in [1.165, 1.54) is 161 Å². The Balaban J connectivity index is 1.11. The van der Waals surface area contributed by atoms with Gasteiger partial charge in [-0.15, -0.1) is 0 Å². The number of benzene rings is 13. The predicted octanol–water partition coefficient (Wildman–Crippen LogP) is 30.4. The van der Waals surface area contributed by atoms with Crippen LogP contribution in [0.2, 0.25) is 0 Å². The summed E-state index contributed by atoms with van der Waals surface area (Å²) in [5.74, 6) is 0. The molecule has 0 atom stereocenters. The van der Waals surface area contributed by atoms with E-state index in [2.05, 4.69) is 451 Å². The van der Waals surface area contributed by atoms with Crippen LogP contribution >= 0.6 is 0 Å². The average molecular weight is 1550 g/mol. The molecule has 16 rings (SSSR count). The van der Waals surface area contributed by atoms with Crippen molar-refractivity contribution in [1.82, 2.24) is 4.57 Å². The summed E-state index contributed by atoms with van der Waals surface area (Å²) >= 11 is 0. The van der Waals surface area contributed by atoms with Gasteiger partial charge in [0.1, 0.15) is 0 Å². The minimum Gasteiger partial charge on any atom is -0.356 e. The van der Waals surface area contributed by atoms with Crippen LogP contribution in [0.1, 0.15) is 237 Å². The first-order chi connectivity index (χ1) is 55.1. The van der Waals surface area contributed by atoms with Crippen molar-refractivity contribution in [2.75, 3.05) is 10.6 Å². The molecule has 0 saturated carbocycles. The standard InChI is InChI=1S/C114H124BN3/c1-106(2,3)77-46-38-69(39-47-77)87-33-30-34-88(70-40-48-78(49-41-70)107(4,5)6)101(87)93-60-75(73-56-82(111(16,17)18)64-83(57-73)112(19,20)21)62-95-104(93)116-97-67-86(118-99-37-29-28-32-91(99)92-66-81(110(13,14)15)54-55-100(92)118)68-98-103(97)115(95)96-63-76(74-58-84(113(22,23)24)65-85(59-74)114(25,26)27)61-94(105(96)117-98)102-89(71-42-50-79(51-43-71)108(7,8)9)35-31-36-90(102)72-44-52-80(53-45-72)109(10,11)12/h28-68,116-117H,1-27H3. The molecule has 598 valence electrons. The van der Waals surface area contributed by atoms with Gasteiger partial charge in [0.25, 0.3) is 6.71 Å². The summed E-state index contributed by atoms with van der Waals surface area (Å²) in [6.45, 7) is 63.1. The third kappa shape index (κ3) is 15.1. The second kappa shape index (κ2) is 28.5. The van der Waals surface area contributed by atoms with Crippen LogP contribution in [0.25, 0.3) is 117 Å². The number of aromatic nitrogens is 1. The Hall–Kier alpha value is -10.7. The van der Waals surface area contributed by atoms with E-state index >= 15 is 0 Å². The zero-order valence-electron chi connectivity index (χ0n) is 75.7. The highest BCUT2D eigenvalue weighted by Gasteiger charge is 2.43. The first kappa shape index (κ1) is 81.1. The van der Waals surface area contributed by atoms with Gasteiger partial charge in [-0.3, -0.25) is 0 Å². The average Bonchev–Trinajstić information content (AvgIpc) is 1.03. The molecule has 2 N–H and O–H groups in total. The molecule has 0 spiro atoms. The second-order valence-corrected chi connectivity index (χ2v) is 43.8. The molecule has 0 bridgehead atoms. The number of rotatable bonds is 9. The Labute approximate surface area is 707 Å². The number of hydrogen-bond donors (Lipinski definition) is 2. The minimum atomic E-state index is -0.335. The molecule has 0 amide bonds. The van der Waals surface area contributed by atoms with Crippen molar-refractivity contribution in [2.45, 2.75) is 236 Å². The van der Waals surface area contributed by atoms with Gasteiger partial charge < -0.3 is 15.2 Å². The molecular weight excluding hydrogens is 1420 g/mol. The Kier molecular flexibility index (Phi) is 19.6. The SMILES string of the molecule is CC(C)(C)c1ccc(-c2cccc(-c3ccc(C(C)(C)C)cc3)c2-c2cc(-c3cc(C(C)(C)C)cc(C(C)(C)C)c3)cc3c2Nc2cc(-n4c5ccccc5c5cc(C(C)(C)C)ccc54)cc4c2B3c2cc(-c3cc(C(C)(C)C)cc(C(C)(C)C)c3)cc(-c3c(-c5ccc(C(C)(C)C)cc5)cccc3-c3ccc(C(C)(C)C)cc3)c2N4)cc1. The first-order valence-electron chi connectivity index (χ1n) is 43.3. The first-order valence-corrected chi connectivity index (χ1v) is 43.3. The van der Waals surface area contributed by atoms with Gasteiger partial charge in [-0.2, -0.15) is 0 Å². The highest BCUT2D eigenvalue weighted by Crippen LogP contribution is 2.52. The normalized spacial score (nSPS) is 13.5. The van der Waals surface area contributed by atoms with E-state index in [-0.39, 0.29) is 55.4 Å². The van der Waals surface area contributed by atoms with E-state index in [1.807, 2.05) is 0 Å². The summed E-state index contributed by atoms with van der Waals surface area (Å²) in [5, 5.41) is 11.6. The molecule has 3 heterocycles. The van der Waals surface area contributed by atoms with Crippen molar-refractivity contribution < 1.29 is 0 Å². The van der Waals surface area contributed by atoms with Gasteiger partial charge in [0.2, 0.25) is 0 Å². The number of fused-ring (bicyclic) bond motifs is 7. The molecule has 0 unspecified atom stereocenters. The lowest BCUT2D eigenvalue weighted by Crippen LogP contribution is -2.59. The van der Waals surface area contributed by atoms with Gasteiger partial charge in [-0.1, -0.05) is 393 Å². The maximum Gasteiger partial charge on any atom is 0.252 e. The van der Waals surface area contributed by atoms with Crippen molar-refractivity contribution in [3.05, 3.63) is 299 Å². The molecule has 14 aromatic rings. The Morgan fingerprint density at radius 3 is 0.822 bits per heavy atom. The van der Waals surface area contributed by atoms with Crippen LogP contribution < -0.4 is 27.0 Å². The fraction of sp³-hybridized carbons (Fsp3) is 0.316. The molecule has 1 aromatic heterocycles. The van der Waals surface area contributed by atoms with Crippen LogP contribution in [0, 0.1) is 0 Å². The lowest BCUT2D eigenvalue weighted by atomic mass is 9.33. The quantitative estimate of drug-likeness (QED) is 0.141. The van der Waals surface area contributed by atoms with Crippen molar-refractivity contribution in [2.24, 2.45) is 0 Å². The maximum absolute atomic E-state index is 4.55. The molecular formula is C114H124BN3. The largest absolute Gasteiger partial charge is 0.356 e. The number of anilines is 4. The van der Waals surface area contributed by atoms with E-state index < -0.39 is 0 Å². The van der Waals surface area contributed by atoms with Crippen LogP contribution in [0.3, 0.4) is 0 Å². The highest BCUT2D eigenvalue weighted by atomic mass is 15.0. The number of hydrogen-bond acceptors (Lipinski definition) is 2. The summed E-state index contributed by atoms with van der Waals surface area (Å²) in [4.78, 5) is 0. The van der Waals surface area contributed by atoms with Gasteiger partial charge in [0.05, 0.1) is 16.7 Å². The number of nitrogens with one attached hydrogen (secondary N) is 2. The van der Waals surface area contributed by atoms with Crippen LogP contribution in [0.4, 0.5) is 22.7 Å². The van der Waals surface area contributed by atoms with Crippen molar-refractivity contribution >= 4 is 67.7 Å². The third-order valence-electron chi connectivity index (χ3n) is 25.6. The highest BCUT2D eigenvalue weighted by molar-refractivity contribution is 7.00. The van der Waals surface area contributed by atoms with Gasteiger partial charge in [0.15, 0.2) is 0 Å². The second-order valence-electron chi connectivity index (χ2n) is 43.8.